The van der Waals surface area contributed by atoms with E-state index in [4.69, 9.17) is 10.8 Å². The minimum Gasteiger partial charge on any atom is -0.481 e. The van der Waals surface area contributed by atoms with Crippen molar-refractivity contribution in [2.24, 2.45) is 11.1 Å². The highest BCUT2D eigenvalue weighted by molar-refractivity contribution is 5.81. The van der Waals surface area contributed by atoms with Crippen molar-refractivity contribution in [2.45, 2.75) is 26.3 Å². The lowest BCUT2D eigenvalue weighted by atomic mass is 9.89. The molecule has 5 nitrogen and oxygen atoms in total. The molecule has 5 heteroatoms. The molecule has 0 saturated carbocycles. The molecule has 1 fully saturated rings. The van der Waals surface area contributed by atoms with Gasteiger partial charge in [0.25, 0.3) is 0 Å². The minimum atomic E-state index is -0.825. The highest BCUT2D eigenvalue weighted by atomic mass is 16.4. The van der Waals surface area contributed by atoms with Crippen molar-refractivity contribution in [1.29, 1.82) is 0 Å². The van der Waals surface area contributed by atoms with Crippen LogP contribution in [0, 0.1) is 5.41 Å². The fourth-order valence-corrected chi connectivity index (χ4v) is 2.59. The second kappa shape index (κ2) is 5.63. The van der Waals surface area contributed by atoms with Gasteiger partial charge in [0.15, 0.2) is 0 Å². The van der Waals surface area contributed by atoms with Gasteiger partial charge in [-0.2, -0.15) is 0 Å². The lowest BCUT2D eigenvalue weighted by Gasteiger charge is -2.21. The van der Waals surface area contributed by atoms with E-state index in [0.717, 1.165) is 30.6 Å². The fraction of sp³-hybridized carbons (Fsp3) is 0.467. The number of nitrogens with two attached hydrogens (primary N) is 1. The number of likely N-dealkylation sites (tertiary alicyclic amines) is 1. The summed E-state index contributed by atoms with van der Waals surface area (Å²) >= 11 is 0. The lowest BCUT2D eigenvalue weighted by molar-refractivity contribution is -0.136. The first-order valence-electron chi connectivity index (χ1n) is 6.71. The van der Waals surface area contributed by atoms with Crippen LogP contribution in [0.15, 0.2) is 24.3 Å². The van der Waals surface area contributed by atoms with Crippen LogP contribution in [0.25, 0.3) is 0 Å². The normalized spacial score (nSPS) is 22.9. The van der Waals surface area contributed by atoms with Crippen LogP contribution < -0.4 is 5.73 Å². The Labute approximate surface area is 118 Å². The van der Waals surface area contributed by atoms with Crippen LogP contribution in [0.1, 0.15) is 24.5 Å². The molecule has 1 heterocycles. The van der Waals surface area contributed by atoms with Crippen molar-refractivity contribution in [1.82, 2.24) is 4.90 Å². The fourth-order valence-electron chi connectivity index (χ4n) is 2.59. The van der Waals surface area contributed by atoms with Crippen molar-refractivity contribution < 1.29 is 14.7 Å². The Morgan fingerprint density at radius 3 is 2.40 bits per heavy atom. The molecular weight excluding hydrogens is 256 g/mol. The Morgan fingerprint density at radius 1 is 1.30 bits per heavy atom. The number of rotatable bonds is 5. The lowest BCUT2D eigenvalue weighted by Crippen LogP contribution is -2.36. The summed E-state index contributed by atoms with van der Waals surface area (Å²) < 4.78 is 0. The van der Waals surface area contributed by atoms with E-state index in [1.165, 1.54) is 0 Å². The predicted molar refractivity (Wildman–Crippen MR) is 75.0 cm³/mol. The largest absolute Gasteiger partial charge is 0.481 e. The van der Waals surface area contributed by atoms with Gasteiger partial charge in [-0.15, -0.1) is 0 Å². The van der Waals surface area contributed by atoms with E-state index in [0.29, 0.717) is 6.54 Å². The van der Waals surface area contributed by atoms with Gasteiger partial charge in [-0.05, 0) is 31.0 Å². The summed E-state index contributed by atoms with van der Waals surface area (Å²) in [6.07, 6.45) is 0.836. The average Bonchev–Trinajstić information content (AvgIpc) is 2.74. The van der Waals surface area contributed by atoms with Gasteiger partial charge in [0.2, 0.25) is 5.91 Å². The van der Waals surface area contributed by atoms with Crippen molar-refractivity contribution in [3.8, 4) is 0 Å². The van der Waals surface area contributed by atoms with Gasteiger partial charge in [0, 0.05) is 13.1 Å². The van der Waals surface area contributed by atoms with Crippen LogP contribution in [0.2, 0.25) is 0 Å². The summed E-state index contributed by atoms with van der Waals surface area (Å²) in [7, 11) is 0. The molecule has 1 aliphatic heterocycles. The van der Waals surface area contributed by atoms with Gasteiger partial charge in [0.05, 0.1) is 11.8 Å². The van der Waals surface area contributed by atoms with Crippen molar-refractivity contribution in [2.75, 3.05) is 13.1 Å². The summed E-state index contributed by atoms with van der Waals surface area (Å²) in [5.74, 6) is -1.06. The molecule has 0 aromatic heterocycles. The summed E-state index contributed by atoms with van der Waals surface area (Å²) in [5, 5.41) is 8.72. The summed E-state index contributed by atoms with van der Waals surface area (Å²) in [6, 6.07) is 7.57. The molecule has 2 rings (SSSR count). The molecule has 1 aromatic carbocycles. The SMILES string of the molecule is CC1(C(N)=O)CCN(Cc2ccc(CC(=O)O)cc2)C1. The molecule has 20 heavy (non-hydrogen) atoms. The second-order valence-corrected chi connectivity index (χ2v) is 5.77. The number of carboxylic acid groups (broad SMARTS) is 1. The Hall–Kier alpha value is -1.88. The Bertz CT molecular complexity index is 512. The molecule has 1 aliphatic rings. The van der Waals surface area contributed by atoms with Gasteiger partial charge < -0.3 is 10.8 Å². The van der Waals surface area contributed by atoms with Crippen LogP contribution in [-0.2, 0) is 22.6 Å². The maximum absolute atomic E-state index is 11.4. The standard InChI is InChI=1S/C15H20N2O3/c1-15(14(16)20)6-7-17(10-15)9-12-4-2-11(3-5-12)8-13(18)19/h2-5H,6-10H2,1H3,(H2,16,20)(H,18,19). The number of carbonyl (C=O) groups is 2. The number of aliphatic carboxylic acids is 1. The molecule has 0 aliphatic carbocycles. The molecule has 1 aromatic rings. The number of nitrogens with zero attached hydrogens (tertiary/aromatic N) is 1. The number of hydrogen-bond donors (Lipinski definition) is 2. The van der Waals surface area contributed by atoms with Crippen LogP contribution in [0.4, 0.5) is 0 Å². The number of amides is 1. The molecule has 1 atom stereocenters. The predicted octanol–water partition coefficient (Wildman–Crippen LogP) is 1.01. The van der Waals surface area contributed by atoms with Crippen LogP contribution in [0.5, 0.6) is 0 Å². The zero-order valence-corrected chi connectivity index (χ0v) is 11.6. The van der Waals surface area contributed by atoms with Crippen LogP contribution in [-0.4, -0.2) is 35.0 Å². The zero-order chi connectivity index (χ0) is 14.8. The van der Waals surface area contributed by atoms with E-state index in [9.17, 15) is 9.59 Å². The average molecular weight is 276 g/mol. The third-order valence-electron chi connectivity index (χ3n) is 3.93. The monoisotopic (exact) mass is 276 g/mol. The van der Waals surface area contributed by atoms with E-state index >= 15 is 0 Å². The van der Waals surface area contributed by atoms with Gasteiger partial charge in [-0.1, -0.05) is 24.3 Å². The highest BCUT2D eigenvalue weighted by Crippen LogP contribution is 2.30. The maximum atomic E-state index is 11.4. The van der Waals surface area contributed by atoms with Crippen molar-refractivity contribution in [3.63, 3.8) is 0 Å². The van der Waals surface area contributed by atoms with E-state index in [-0.39, 0.29) is 12.3 Å². The number of benzene rings is 1. The third-order valence-corrected chi connectivity index (χ3v) is 3.93. The smallest absolute Gasteiger partial charge is 0.307 e. The summed E-state index contributed by atoms with van der Waals surface area (Å²) in [4.78, 5) is 24.2. The van der Waals surface area contributed by atoms with Crippen molar-refractivity contribution in [3.05, 3.63) is 35.4 Å². The van der Waals surface area contributed by atoms with Crippen LogP contribution in [0.3, 0.4) is 0 Å². The minimum absolute atomic E-state index is 0.0454. The Morgan fingerprint density at radius 2 is 1.90 bits per heavy atom. The first-order chi connectivity index (χ1) is 9.39. The quantitative estimate of drug-likeness (QED) is 0.840. The molecule has 108 valence electrons. The van der Waals surface area contributed by atoms with Gasteiger partial charge in [-0.25, -0.2) is 0 Å². The molecule has 3 N–H and O–H groups in total. The first kappa shape index (κ1) is 14.5. The van der Waals surface area contributed by atoms with Gasteiger partial charge in [0.1, 0.15) is 0 Å². The number of carboxylic acids is 1. The van der Waals surface area contributed by atoms with Crippen LogP contribution >= 0.6 is 0 Å². The Kier molecular flexibility index (Phi) is 4.09. The number of primary amides is 1. The van der Waals surface area contributed by atoms with Crippen molar-refractivity contribution >= 4 is 11.9 Å². The first-order valence-corrected chi connectivity index (χ1v) is 6.71. The molecule has 1 amide bonds. The molecular formula is C15H20N2O3. The maximum Gasteiger partial charge on any atom is 0.307 e. The molecule has 0 bridgehead atoms. The van der Waals surface area contributed by atoms with E-state index in [1.54, 1.807) is 0 Å². The molecule has 1 unspecified atom stereocenters. The topological polar surface area (TPSA) is 83.6 Å². The Balaban J connectivity index is 1.95. The summed E-state index contributed by atoms with van der Waals surface area (Å²) in [5.41, 5.74) is 6.92. The number of carbonyl (C=O) groups excluding carboxylic acids is 1. The van der Waals surface area contributed by atoms with E-state index < -0.39 is 11.4 Å². The van der Waals surface area contributed by atoms with E-state index in [1.807, 2.05) is 31.2 Å². The highest BCUT2D eigenvalue weighted by Gasteiger charge is 2.38. The third kappa shape index (κ3) is 3.36. The van der Waals surface area contributed by atoms with Gasteiger partial charge in [-0.3, -0.25) is 14.5 Å². The van der Waals surface area contributed by atoms with Gasteiger partial charge >= 0.3 is 5.97 Å². The molecule has 0 radical (unpaired) electrons. The molecule has 1 saturated heterocycles. The van der Waals surface area contributed by atoms with E-state index in [2.05, 4.69) is 4.90 Å². The summed E-state index contributed by atoms with van der Waals surface area (Å²) in [6.45, 7) is 4.21. The molecule has 0 spiro atoms. The number of hydrogen-bond acceptors (Lipinski definition) is 3. The second-order valence-electron chi connectivity index (χ2n) is 5.77. The zero-order valence-electron chi connectivity index (χ0n) is 11.6.